The van der Waals surface area contributed by atoms with E-state index < -0.39 is 0 Å². The Kier molecular flexibility index (Phi) is 3.20. The van der Waals surface area contributed by atoms with Crippen LogP contribution in [0, 0.1) is 0 Å². The van der Waals surface area contributed by atoms with Gasteiger partial charge in [0.1, 0.15) is 0 Å². The molecule has 7 heteroatoms. The molecule has 0 fully saturated rings. The van der Waals surface area contributed by atoms with Gasteiger partial charge in [-0.15, -0.1) is 11.3 Å². The van der Waals surface area contributed by atoms with E-state index in [1.165, 1.54) is 24.5 Å². The van der Waals surface area contributed by atoms with Gasteiger partial charge in [-0.3, -0.25) is 14.7 Å². The first-order chi connectivity index (χ1) is 8.15. The highest BCUT2D eigenvalue weighted by Gasteiger charge is 2.10. The topological polar surface area (TPSA) is 86.9 Å². The molecule has 0 aliphatic rings. The standard InChI is InChI=1S/C10H10N4O2S/c1-6(15)13-9-3-2-8(17-9)10(16)14-7-4-11-12-5-7/h2-5H,1H3,(H,11,12)(H,13,15)(H,14,16). The van der Waals surface area contributed by atoms with Gasteiger partial charge in [0.25, 0.3) is 5.91 Å². The summed E-state index contributed by atoms with van der Waals surface area (Å²) in [6.45, 7) is 1.42. The van der Waals surface area contributed by atoms with Gasteiger partial charge in [-0.2, -0.15) is 5.10 Å². The van der Waals surface area contributed by atoms with Gasteiger partial charge >= 0.3 is 0 Å². The minimum Gasteiger partial charge on any atom is -0.319 e. The van der Waals surface area contributed by atoms with E-state index in [1.807, 2.05) is 0 Å². The van der Waals surface area contributed by atoms with Crippen LogP contribution in [0.15, 0.2) is 24.5 Å². The predicted octanol–water partition coefficient (Wildman–Crippen LogP) is 1.68. The van der Waals surface area contributed by atoms with Crippen LogP contribution in [0.4, 0.5) is 10.7 Å². The van der Waals surface area contributed by atoms with Crippen molar-refractivity contribution in [3.05, 3.63) is 29.4 Å². The molecule has 2 amide bonds. The van der Waals surface area contributed by atoms with Crippen molar-refractivity contribution in [2.24, 2.45) is 0 Å². The zero-order valence-corrected chi connectivity index (χ0v) is 9.80. The van der Waals surface area contributed by atoms with Gasteiger partial charge in [-0.25, -0.2) is 0 Å². The van der Waals surface area contributed by atoms with E-state index in [9.17, 15) is 9.59 Å². The summed E-state index contributed by atoms with van der Waals surface area (Å²) in [7, 11) is 0. The Morgan fingerprint density at radius 2 is 2.18 bits per heavy atom. The fraction of sp³-hybridized carbons (Fsp3) is 0.100. The summed E-state index contributed by atoms with van der Waals surface area (Å²) in [5, 5.41) is 12.3. The van der Waals surface area contributed by atoms with Crippen molar-refractivity contribution < 1.29 is 9.59 Å². The number of carbonyl (C=O) groups is 2. The number of amides is 2. The summed E-state index contributed by atoms with van der Waals surface area (Å²) in [5.41, 5.74) is 0.601. The lowest BCUT2D eigenvalue weighted by Gasteiger charge is -1.98. The Bertz CT molecular complexity index is 532. The minimum absolute atomic E-state index is 0.159. The molecule has 0 spiro atoms. The van der Waals surface area contributed by atoms with Crippen molar-refractivity contribution in [3.63, 3.8) is 0 Å². The number of nitrogens with zero attached hydrogens (tertiary/aromatic N) is 1. The first kappa shape index (κ1) is 11.3. The van der Waals surface area contributed by atoms with E-state index in [2.05, 4.69) is 20.8 Å². The molecule has 0 aliphatic carbocycles. The van der Waals surface area contributed by atoms with E-state index in [0.29, 0.717) is 15.6 Å². The molecule has 0 bridgehead atoms. The summed E-state index contributed by atoms with van der Waals surface area (Å²) in [6, 6.07) is 3.35. The molecule has 0 radical (unpaired) electrons. The fourth-order valence-electron chi connectivity index (χ4n) is 1.21. The first-order valence-corrected chi connectivity index (χ1v) is 5.64. The summed E-state index contributed by atoms with van der Waals surface area (Å²) in [5.74, 6) is -0.387. The third-order valence-electron chi connectivity index (χ3n) is 1.89. The maximum absolute atomic E-state index is 11.8. The van der Waals surface area contributed by atoms with Crippen LogP contribution in [0.25, 0.3) is 0 Å². The van der Waals surface area contributed by atoms with Crippen molar-refractivity contribution in [3.8, 4) is 0 Å². The van der Waals surface area contributed by atoms with Crippen molar-refractivity contribution in [2.75, 3.05) is 10.6 Å². The molecule has 17 heavy (non-hydrogen) atoms. The first-order valence-electron chi connectivity index (χ1n) is 4.83. The van der Waals surface area contributed by atoms with Gasteiger partial charge < -0.3 is 10.6 Å². The third-order valence-corrected chi connectivity index (χ3v) is 2.88. The highest BCUT2D eigenvalue weighted by molar-refractivity contribution is 7.18. The number of aromatic nitrogens is 2. The van der Waals surface area contributed by atoms with Crippen LogP contribution in [0.5, 0.6) is 0 Å². The van der Waals surface area contributed by atoms with Crippen molar-refractivity contribution in [1.29, 1.82) is 0 Å². The number of nitrogens with one attached hydrogen (secondary N) is 3. The predicted molar refractivity (Wildman–Crippen MR) is 65.2 cm³/mol. The summed E-state index contributed by atoms with van der Waals surface area (Å²) >= 11 is 1.22. The van der Waals surface area contributed by atoms with Crippen molar-refractivity contribution in [1.82, 2.24) is 10.2 Å². The van der Waals surface area contributed by atoms with Crippen molar-refractivity contribution in [2.45, 2.75) is 6.92 Å². The van der Waals surface area contributed by atoms with Crippen LogP contribution in [0.2, 0.25) is 0 Å². The monoisotopic (exact) mass is 250 g/mol. The lowest BCUT2D eigenvalue weighted by Crippen LogP contribution is -2.09. The maximum Gasteiger partial charge on any atom is 0.265 e. The van der Waals surface area contributed by atoms with Crippen LogP contribution in [-0.2, 0) is 4.79 Å². The third kappa shape index (κ3) is 2.91. The largest absolute Gasteiger partial charge is 0.319 e. The second-order valence-electron chi connectivity index (χ2n) is 3.29. The van der Waals surface area contributed by atoms with E-state index >= 15 is 0 Å². The smallest absolute Gasteiger partial charge is 0.265 e. The second kappa shape index (κ2) is 4.79. The average Bonchev–Trinajstić information content (AvgIpc) is 2.87. The van der Waals surface area contributed by atoms with Gasteiger partial charge in [-0.05, 0) is 12.1 Å². The Labute approximate surface area is 101 Å². The van der Waals surface area contributed by atoms with Gasteiger partial charge in [0, 0.05) is 13.1 Å². The molecular weight excluding hydrogens is 240 g/mol. The molecule has 0 aliphatic heterocycles. The number of anilines is 2. The maximum atomic E-state index is 11.8. The van der Waals surface area contributed by atoms with Gasteiger partial charge in [0.15, 0.2) is 0 Å². The number of thiophene rings is 1. The lowest BCUT2D eigenvalue weighted by atomic mass is 10.4. The second-order valence-corrected chi connectivity index (χ2v) is 4.37. The molecule has 0 aromatic carbocycles. The average molecular weight is 250 g/mol. The molecule has 0 unspecified atom stereocenters. The Morgan fingerprint density at radius 3 is 2.82 bits per heavy atom. The molecule has 2 rings (SSSR count). The normalized spacial score (nSPS) is 9.94. The van der Waals surface area contributed by atoms with E-state index in [-0.39, 0.29) is 11.8 Å². The molecule has 0 saturated carbocycles. The number of H-pyrrole nitrogens is 1. The molecule has 0 atom stereocenters. The SMILES string of the molecule is CC(=O)Nc1ccc(C(=O)Nc2cn[nH]c2)s1. The molecule has 6 nitrogen and oxygen atoms in total. The molecule has 2 aromatic rings. The minimum atomic E-state index is -0.229. The van der Waals surface area contributed by atoms with E-state index in [0.717, 1.165) is 0 Å². The molecule has 0 saturated heterocycles. The zero-order chi connectivity index (χ0) is 12.3. The quantitative estimate of drug-likeness (QED) is 0.774. The number of hydrogen-bond acceptors (Lipinski definition) is 4. The summed E-state index contributed by atoms with van der Waals surface area (Å²) < 4.78 is 0. The lowest BCUT2D eigenvalue weighted by molar-refractivity contribution is -0.114. The molecule has 88 valence electrons. The number of hydrogen-bond donors (Lipinski definition) is 3. The van der Waals surface area contributed by atoms with Gasteiger partial charge in [0.2, 0.25) is 5.91 Å². The van der Waals surface area contributed by atoms with Crippen LogP contribution in [0.1, 0.15) is 16.6 Å². The molecule has 2 aromatic heterocycles. The highest BCUT2D eigenvalue weighted by atomic mass is 32.1. The molecule has 2 heterocycles. The summed E-state index contributed by atoms with van der Waals surface area (Å²) in [4.78, 5) is 23.1. The Morgan fingerprint density at radius 1 is 1.35 bits per heavy atom. The molecular formula is C10H10N4O2S. The van der Waals surface area contributed by atoms with E-state index in [1.54, 1.807) is 18.3 Å². The Balaban J connectivity index is 2.04. The van der Waals surface area contributed by atoms with Crippen LogP contribution >= 0.6 is 11.3 Å². The van der Waals surface area contributed by atoms with Crippen LogP contribution in [-0.4, -0.2) is 22.0 Å². The van der Waals surface area contributed by atoms with Crippen LogP contribution < -0.4 is 10.6 Å². The van der Waals surface area contributed by atoms with Crippen molar-refractivity contribution >= 4 is 33.8 Å². The fourth-order valence-corrected chi connectivity index (χ4v) is 2.06. The number of rotatable bonds is 3. The summed E-state index contributed by atoms with van der Waals surface area (Å²) in [6.07, 6.45) is 3.10. The van der Waals surface area contributed by atoms with Crippen LogP contribution in [0.3, 0.4) is 0 Å². The zero-order valence-electron chi connectivity index (χ0n) is 8.98. The van der Waals surface area contributed by atoms with Gasteiger partial charge in [-0.1, -0.05) is 0 Å². The van der Waals surface area contributed by atoms with E-state index in [4.69, 9.17) is 0 Å². The number of carbonyl (C=O) groups excluding carboxylic acids is 2. The molecule has 3 N–H and O–H groups in total. The number of aromatic amines is 1. The highest BCUT2D eigenvalue weighted by Crippen LogP contribution is 2.22. The Hall–Kier alpha value is -2.15. The van der Waals surface area contributed by atoms with Gasteiger partial charge in [0.05, 0.1) is 21.8 Å².